The number of fused-ring (bicyclic) bond motifs is 1. The summed E-state index contributed by atoms with van der Waals surface area (Å²) in [6.45, 7) is 0. The molecule has 0 atom stereocenters. The van der Waals surface area contributed by atoms with Gasteiger partial charge in [-0.3, -0.25) is 0 Å². The fraction of sp³-hybridized carbons (Fsp3) is 0. The molecule has 0 saturated carbocycles. The zero-order valence-corrected chi connectivity index (χ0v) is 5.63. The summed E-state index contributed by atoms with van der Waals surface area (Å²) in [6, 6.07) is 0. The molecule has 0 bridgehead atoms. The number of hydrogen-bond donors (Lipinski definition) is 1. The second kappa shape index (κ2) is 3.93. The number of aromatic nitrogens is 4. The summed E-state index contributed by atoms with van der Waals surface area (Å²) in [6.07, 6.45) is 2.92. The SMILES string of the molecule is Clc1ncnc2[nH]cnc12.[KH]. The topological polar surface area (TPSA) is 54.5 Å². The third-order valence-electron chi connectivity index (χ3n) is 1.17. The fourth-order valence-electron chi connectivity index (χ4n) is 0.735. The van der Waals surface area contributed by atoms with Gasteiger partial charge in [0.05, 0.1) is 6.33 Å². The van der Waals surface area contributed by atoms with E-state index in [0.717, 1.165) is 0 Å². The van der Waals surface area contributed by atoms with Crippen LogP contribution in [0.3, 0.4) is 0 Å². The molecule has 2 heterocycles. The van der Waals surface area contributed by atoms with Gasteiger partial charge < -0.3 is 4.98 Å². The Kier molecular flexibility index (Phi) is 3.41. The average molecular weight is 195 g/mol. The van der Waals surface area contributed by atoms with E-state index in [1.54, 1.807) is 0 Å². The molecule has 0 aliphatic heterocycles. The molecule has 0 aliphatic rings. The van der Waals surface area contributed by atoms with Crippen molar-refractivity contribution in [3.63, 3.8) is 0 Å². The first-order valence-electron chi connectivity index (χ1n) is 2.67. The molecule has 11 heavy (non-hydrogen) atoms. The second-order valence-corrected chi connectivity index (χ2v) is 2.12. The van der Waals surface area contributed by atoms with Crippen molar-refractivity contribution in [1.82, 2.24) is 19.9 Å². The molecule has 0 aromatic carbocycles. The van der Waals surface area contributed by atoms with Crippen LogP contribution in [0, 0.1) is 0 Å². The normalized spacial score (nSPS) is 9.55. The summed E-state index contributed by atoms with van der Waals surface area (Å²) in [5, 5.41) is 0.381. The molecule has 0 fully saturated rings. The third-order valence-corrected chi connectivity index (χ3v) is 1.45. The van der Waals surface area contributed by atoms with E-state index in [0.29, 0.717) is 16.3 Å². The van der Waals surface area contributed by atoms with E-state index >= 15 is 0 Å². The monoisotopic (exact) mass is 194 g/mol. The third kappa shape index (κ3) is 1.80. The van der Waals surface area contributed by atoms with Crippen LogP contribution in [0.15, 0.2) is 12.7 Å². The Balaban J connectivity index is 0.000000605. The first-order chi connectivity index (χ1) is 4.88. The Bertz CT molecular complexity index is 360. The van der Waals surface area contributed by atoms with Gasteiger partial charge in [-0.1, -0.05) is 11.6 Å². The molecular weight excluding hydrogens is 191 g/mol. The number of halogens is 1. The molecule has 0 aliphatic carbocycles. The summed E-state index contributed by atoms with van der Waals surface area (Å²) in [5.74, 6) is 0. The van der Waals surface area contributed by atoms with Gasteiger partial charge in [0.2, 0.25) is 0 Å². The van der Waals surface area contributed by atoms with Crippen molar-refractivity contribution in [3.8, 4) is 0 Å². The van der Waals surface area contributed by atoms with E-state index in [9.17, 15) is 0 Å². The standard InChI is InChI=1S/C5H3ClN4.K.H/c6-4-3-5(9-1-7-3)10-2-8-4;;/h1-2H,(H,7,8,9,10);;. The van der Waals surface area contributed by atoms with Gasteiger partial charge in [-0.25, -0.2) is 15.0 Å². The van der Waals surface area contributed by atoms with Crippen LogP contribution in [-0.4, -0.2) is 71.3 Å². The van der Waals surface area contributed by atoms with Crippen molar-refractivity contribution in [2.24, 2.45) is 0 Å². The number of hydrogen-bond acceptors (Lipinski definition) is 3. The van der Waals surface area contributed by atoms with Crippen molar-refractivity contribution in [3.05, 3.63) is 17.8 Å². The van der Waals surface area contributed by atoms with E-state index in [1.807, 2.05) is 0 Å². The van der Waals surface area contributed by atoms with E-state index < -0.39 is 0 Å². The van der Waals surface area contributed by atoms with Gasteiger partial charge in [-0.2, -0.15) is 0 Å². The predicted octanol–water partition coefficient (Wildman–Crippen LogP) is 0.358. The van der Waals surface area contributed by atoms with E-state index in [-0.39, 0.29) is 51.4 Å². The quantitative estimate of drug-likeness (QED) is 0.487. The predicted molar refractivity (Wildman–Crippen MR) is 43.8 cm³/mol. The maximum atomic E-state index is 5.66. The molecule has 2 aromatic rings. The van der Waals surface area contributed by atoms with Crippen molar-refractivity contribution in [1.29, 1.82) is 0 Å². The minimum atomic E-state index is 0. The number of nitrogens with one attached hydrogen (secondary N) is 1. The Labute approximate surface area is 110 Å². The van der Waals surface area contributed by atoms with Crippen LogP contribution >= 0.6 is 11.6 Å². The van der Waals surface area contributed by atoms with Gasteiger partial charge in [0.25, 0.3) is 0 Å². The van der Waals surface area contributed by atoms with Crippen LogP contribution in [0.4, 0.5) is 0 Å². The molecule has 0 unspecified atom stereocenters. The van der Waals surface area contributed by atoms with Crippen LogP contribution < -0.4 is 0 Å². The van der Waals surface area contributed by atoms with Crippen molar-refractivity contribution < 1.29 is 0 Å². The van der Waals surface area contributed by atoms with Crippen LogP contribution in [0.2, 0.25) is 5.15 Å². The van der Waals surface area contributed by atoms with Gasteiger partial charge in [-0.15, -0.1) is 0 Å². The molecule has 1 N–H and O–H groups in total. The van der Waals surface area contributed by atoms with Crippen molar-refractivity contribution in [2.75, 3.05) is 0 Å². The van der Waals surface area contributed by atoms with Crippen LogP contribution in [0.25, 0.3) is 11.2 Å². The number of rotatable bonds is 0. The first kappa shape index (κ1) is 9.56. The van der Waals surface area contributed by atoms with E-state index in [4.69, 9.17) is 11.6 Å². The van der Waals surface area contributed by atoms with Gasteiger partial charge in [-0.05, 0) is 0 Å². The molecule has 52 valence electrons. The van der Waals surface area contributed by atoms with Crippen LogP contribution in [0.1, 0.15) is 0 Å². The maximum absolute atomic E-state index is 5.66. The van der Waals surface area contributed by atoms with Gasteiger partial charge in [0, 0.05) is 0 Å². The Morgan fingerprint density at radius 1 is 1.27 bits per heavy atom. The molecule has 0 amide bonds. The molecule has 4 nitrogen and oxygen atoms in total. The molecular formula is C5H4ClKN4. The van der Waals surface area contributed by atoms with Crippen molar-refractivity contribution >= 4 is 74.1 Å². The van der Waals surface area contributed by atoms with E-state index in [2.05, 4.69) is 19.9 Å². The Morgan fingerprint density at radius 3 is 2.82 bits per heavy atom. The molecule has 0 radical (unpaired) electrons. The summed E-state index contributed by atoms with van der Waals surface area (Å²) in [7, 11) is 0. The average Bonchev–Trinajstić information content (AvgIpc) is 2.36. The first-order valence-corrected chi connectivity index (χ1v) is 3.05. The molecule has 6 heteroatoms. The minimum absolute atomic E-state index is 0. The zero-order chi connectivity index (χ0) is 6.97. The summed E-state index contributed by atoms with van der Waals surface area (Å²) in [5.41, 5.74) is 1.28. The number of nitrogens with zero attached hydrogens (tertiary/aromatic N) is 3. The molecule has 0 saturated heterocycles. The van der Waals surface area contributed by atoms with Gasteiger partial charge in [0.15, 0.2) is 10.8 Å². The molecule has 2 rings (SSSR count). The number of H-pyrrole nitrogens is 1. The number of aromatic amines is 1. The van der Waals surface area contributed by atoms with Gasteiger partial charge in [0.1, 0.15) is 11.8 Å². The van der Waals surface area contributed by atoms with Crippen molar-refractivity contribution in [2.45, 2.75) is 0 Å². The summed E-state index contributed by atoms with van der Waals surface area (Å²) in [4.78, 5) is 14.4. The second-order valence-electron chi connectivity index (χ2n) is 1.76. The van der Waals surface area contributed by atoms with Crippen LogP contribution in [-0.2, 0) is 0 Å². The molecule has 0 spiro atoms. The fourth-order valence-corrected chi connectivity index (χ4v) is 0.917. The Morgan fingerprint density at radius 2 is 2.09 bits per heavy atom. The summed E-state index contributed by atoms with van der Waals surface area (Å²) >= 11 is 5.66. The number of imidazole rings is 1. The summed E-state index contributed by atoms with van der Waals surface area (Å²) < 4.78 is 0. The molecule has 2 aromatic heterocycles. The van der Waals surface area contributed by atoms with E-state index in [1.165, 1.54) is 12.7 Å². The van der Waals surface area contributed by atoms with Gasteiger partial charge >= 0.3 is 51.4 Å². The zero-order valence-electron chi connectivity index (χ0n) is 4.87. The Hall–Kier alpha value is 0.476. The van der Waals surface area contributed by atoms with Crippen LogP contribution in [0.5, 0.6) is 0 Å².